The highest BCUT2D eigenvalue weighted by atomic mass is 16.3. The zero-order valence-electron chi connectivity index (χ0n) is 11.2. The van der Waals surface area contributed by atoms with Crippen molar-refractivity contribution in [3.63, 3.8) is 0 Å². The average Bonchev–Trinajstić information content (AvgIpc) is 3.20. The Hall–Kier alpha value is -3.03. The Morgan fingerprint density at radius 3 is 3.00 bits per heavy atom. The number of rotatable bonds is 4. The fraction of sp³-hybridized carbons (Fsp3) is 0.154. The van der Waals surface area contributed by atoms with Gasteiger partial charge >= 0.3 is 0 Å². The molecule has 0 aliphatic carbocycles. The first-order valence-electron chi connectivity index (χ1n) is 6.34. The zero-order valence-corrected chi connectivity index (χ0v) is 11.2. The van der Waals surface area contributed by atoms with Crippen molar-refractivity contribution in [3.05, 3.63) is 37.1 Å². The summed E-state index contributed by atoms with van der Waals surface area (Å²) in [5.74, 6) is 1.12. The first-order valence-corrected chi connectivity index (χ1v) is 6.34. The van der Waals surface area contributed by atoms with Crippen LogP contribution in [0.1, 0.15) is 13.3 Å². The SMILES string of the molecule is CCC(=O)Nc1cc(-c2ccco2)nc(-n2cncn2)n1. The molecule has 0 radical (unpaired) electrons. The maximum Gasteiger partial charge on any atom is 0.254 e. The largest absolute Gasteiger partial charge is 0.463 e. The van der Waals surface area contributed by atoms with Crippen LogP contribution in [0.25, 0.3) is 17.4 Å². The number of hydrogen-bond acceptors (Lipinski definition) is 6. The molecule has 0 saturated heterocycles. The van der Waals surface area contributed by atoms with Gasteiger partial charge in [0.2, 0.25) is 5.91 Å². The van der Waals surface area contributed by atoms with Gasteiger partial charge in [0.15, 0.2) is 5.76 Å². The Morgan fingerprint density at radius 2 is 2.33 bits per heavy atom. The molecule has 3 rings (SSSR count). The molecule has 0 unspecified atom stereocenters. The summed E-state index contributed by atoms with van der Waals surface area (Å²) in [6.45, 7) is 1.77. The van der Waals surface area contributed by atoms with Crippen molar-refractivity contribution in [2.75, 3.05) is 5.32 Å². The number of furan rings is 1. The number of carbonyl (C=O) groups is 1. The molecule has 3 aromatic heterocycles. The zero-order chi connectivity index (χ0) is 14.7. The fourth-order valence-electron chi connectivity index (χ4n) is 1.69. The lowest BCUT2D eigenvalue weighted by atomic mass is 10.3. The highest BCUT2D eigenvalue weighted by molar-refractivity contribution is 5.90. The van der Waals surface area contributed by atoms with E-state index in [-0.39, 0.29) is 5.91 Å². The summed E-state index contributed by atoms with van der Waals surface area (Å²) in [5, 5.41) is 6.69. The summed E-state index contributed by atoms with van der Waals surface area (Å²) in [6.07, 6.45) is 4.77. The normalized spacial score (nSPS) is 10.5. The number of anilines is 1. The number of hydrogen-bond donors (Lipinski definition) is 1. The Balaban J connectivity index is 2.06. The number of carbonyl (C=O) groups excluding carboxylic acids is 1. The monoisotopic (exact) mass is 284 g/mol. The minimum atomic E-state index is -0.136. The van der Waals surface area contributed by atoms with E-state index in [2.05, 4.69) is 25.4 Å². The predicted octanol–water partition coefficient (Wildman–Crippen LogP) is 1.67. The highest BCUT2D eigenvalue weighted by Crippen LogP contribution is 2.21. The van der Waals surface area contributed by atoms with Crippen LogP contribution in [-0.4, -0.2) is 30.6 Å². The molecule has 3 aromatic rings. The Labute approximate surface area is 119 Å². The molecule has 8 heteroatoms. The molecule has 8 nitrogen and oxygen atoms in total. The van der Waals surface area contributed by atoms with Crippen molar-refractivity contribution in [3.8, 4) is 17.4 Å². The summed E-state index contributed by atoms with van der Waals surface area (Å²) in [6, 6.07) is 5.18. The van der Waals surface area contributed by atoms with E-state index < -0.39 is 0 Å². The number of aromatic nitrogens is 5. The lowest BCUT2D eigenvalue weighted by Crippen LogP contribution is -2.13. The van der Waals surface area contributed by atoms with Crippen molar-refractivity contribution >= 4 is 11.7 Å². The van der Waals surface area contributed by atoms with Gasteiger partial charge in [0.05, 0.1) is 6.26 Å². The Bertz CT molecular complexity index is 684. The molecule has 1 amide bonds. The first-order chi connectivity index (χ1) is 10.3. The van der Waals surface area contributed by atoms with Crippen molar-refractivity contribution in [1.82, 2.24) is 24.7 Å². The molecule has 106 valence electrons. The van der Waals surface area contributed by atoms with E-state index in [4.69, 9.17) is 4.42 Å². The molecule has 1 N–H and O–H groups in total. The average molecular weight is 284 g/mol. The standard InChI is InChI=1S/C13H12N6O2/c1-2-12(20)17-11-6-9(10-4-3-5-21-10)16-13(18-11)19-8-14-7-15-19/h3-8H,2H2,1H3,(H,16,17,18,20). The summed E-state index contributed by atoms with van der Waals surface area (Å²) in [5.41, 5.74) is 0.548. The third-order valence-corrected chi connectivity index (χ3v) is 2.70. The van der Waals surface area contributed by atoms with Crippen LogP contribution in [0, 0.1) is 0 Å². The second-order valence-corrected chi connectivity index (χ2v) is 4.16. The van der Waals surface area contributed by atoms with Gasteiger partial charge in [-0.2, -0.15) is 14.8 Å². The van der Waals surface area contributed by atoms with Crippen molar-refractivity contribution in [2.24, 2.45) is 0 Å². The second kappa shape index (κ2) is 5.53. The van der Waals surface area contributed by atoms with Crippen LogP contribution in [0.2, 0.25) is 0 Å². The van der Waals surface area contributed by atoms with Gasteiger partial charge in [0, 0.05) is 12.5 Å². The molecule has 0 aromatic carbocycles. The second-order valence-electron chi connectivity index (χ2n) is 4.16. The molecule has 0 aliphatic heterocycles. The maximum atomic E-state index is 11.5. The van der Waals surface area contributed by atoms with E-state index in [0.717, 1.165) is 0 Å². The van der Waals surface area contributed by atoms with Gasteiger partial charge in [-0.15, -0.1) is 0 Å². The highest BCUT2D eigenvalue weighted by Gasteiger charge is 2.12. The molecule has 0 spiro atoms. The molecular weight excluding hydrogens is 272 g/mol. The Morgan fingerprint density at radius 1 is 1.43 bits per heavy atom. The van der Waals surface area contributed by atoms with Gasteiger partial charge in [0.1, 0.15) is 24.2 Å². The van der Waals surface area contributed by atoms with Gasteiger partial charge in [0.25, 0.3) is 5.95 Å². The van der Waals surface area contributed by atoms with E-state index in [1.54, 1.807) is 31.4 Å². The molecule has 0 saturated carbocycles. The number of nitrogens with one attached hydrogen (secondary N) is 1. The van der Waals surface area contributed by atoms with Gasteiger partial charge < -0.3 is 9.73 Å². The molecule has 0 bridgehead atoms. The lowest BCUT2D eigenvalue weighted by Gasteiger charge is -2.07. The lowest BCUT2D eigenvalue weighted by molar-refractivity contribution is -0.115. The molecule has 0 atom stereocenters. The first kappa shape index (κ1) is 13.0. The van der Waals surface area contributed by atoms with E-state index >= 15 is 0 Å². The summed E-state index contributed by atoms with van der Waals surface area (Å²) >= 11 is 0. The third kappa shape index (κ3) is 2.78. The van der Waals surface area contributed by atoms with Crippen LogP contribution in [0.15, 0.2) is 41.5 Å². The molecule has 21 heavy (non-hydrogen) atoms. The van der Waals surface area contributed by atoms with Crippen LogP contribution in [0.3, 0.4) is 0 Å². The molecule has 0 aliphatic rings. The number of amides is 1. The summed E-state index contributed by atoms with van der Waals surface area (Å²) in [4.78, 5) is 24.0. The smallest absolute Gasteiger partial charge is 0.254 e. The van der Waals surface area contributed by atoms with Gasteiger partial charge in [-0.1, -0.05) is 6.92 Å². The van der Waals surface area contributed by atoms with Crippen LogP contribution < -0.4 is 5.32 Å². The maximum absolute atomic E-state index is 11.5. The topological polar surface area (TPSA) is 98.7 Å². The van der Waals surface area contributed by atoms with Crippen molar-refractivity contribution in [2.45, 2.75) is 13.3 Å². The fourth-order valence-corrected chi connectivity index (χ4v) is 1.69. The third-order valence-electron chi connectivity index (χ3n) is 2.70. The quantitative estimate of drug-likeness (QED) is 0.782. The Kier molecular flexibility index (Phi) is 3.42. The van der Waals surface area contributed by atoms with Gasteiger partial charge in [-0.25, -0.2) is 9.97 Å². The van der Waals surface area contributed by atoms with E-state index in [1.807, 2.05) is 0 Å². The van der Waals surface area contributed by atoms with Crippen LogP contribution in [0.4, 0.5) is 5.82 Å². The predicted molar refractivity (Wildman–Crippen MR) is 73.6 cm³/mol. The summed E-state index contributed by atoms with van der Waals surface area (Å²) < 4.78 is 6.74. The number of nitrogens with zero attached hydrogens (tertiary/aromatic N) is 5. The van der Waals surface area contributed by atoms with Crippen molar-refractivity contribution < 1.29 is 9.21 Å². The van der Waals surface area contributed by atoms with Crippen molar-refractivity contribution in [1.29, 1.82) is 0 Å². The van der Waals surface area contributed by atoms with E-state index in [9.17, 15) is 4.79 Å². The van der Waals surface area contributed by atoms with E-state index in [0.29, 0.717) is 29.6 Å². The van der Waals surface area contributed by atoms with Gasteiger partial charge in [-0.05, 0) is 12.1 Å². The molecular formula is C13H12N6O2. The minimum Gasteiger partial charge on any atom is -0.463 e. The molecule has 0 fully saturated rings. The summed E-state index contributed by atoms with van der Waals surface area (Å²) in [7, 11) is 0. The van der Waals surface area contributed by atoms with E-state index in [1.165, 1.54) is 17.3 Å². The van der Waals surface area contributed by atoms with Gasteiger partial charge in [-0.3, -0.25) is 4.79 Å². The molecule has 3 heterocycles. The van der Waals surface area contributed by atoms with Crippen LogP contribution in [-0.2, 0) is 4.79 Å². The van der Waals surface area contributed by atoms with Crippen LogP contribution in [0.5, 0.6) is 0 Å². The minimum absolute atomic E-state index is 0.136. The van der Waals surface area contributed by atoms with Crippen LogP contribution >= 0.6 is 0 Å².